The van der Waals surface area contributed by atoms with Crippen molar-refractivity contribution in [3.05, 3.63) is 81.2 Å². The molecule has 2 atom stereocenters. The molecule has 144 valence electrons. The fourth-order valence-electron chi connectivity index (χ4n) is 3.28. The molecule has 5 nitrogen and oxygen atoms in total. The van der Waals surface area contributed by atoms with Gasteiger partial charge in [0, 0.05) is 28.6 Å². The van der Waals surface area contributed by atoms with Gasteiger partial charge in [-0.2, -0.15) is 0 Å². The predicted molar refractivity (Wildman–Crippen MR) is 111 cm³/mol. The van der Waals surface area contributed by atoms with E-state index in [1.165, 1.54) is 10.8 Å². The molecule has 0 aliphatic heterocycles. The Hall–Kier alpha value is -2.92. The normalized spacial score (nSPS) is 13.2. The van der Waals surface area contributed by atoms with Crippen molar-refractivity contribution in [3.63, 3.8) is 0 Å². The van der Waals surface area contributed by atoms with Gasteiger partial charge >= 0.3 is 0 Å². The Morgan fingerprint density at radius 3 is 2.36 bits per heavy atom. The highest BCUT2D eigenvalue weighted by Gasteiger charge is 2.18. The molecule has 0 spiro atoms. The van der Waals surface area contributed by atoms with Crippen LogP contribution in [0.15, 0.2) is 59.5 Å². The zero-order valence-electron chi connectivity index (χ0n) is 15.7. The van der Waals surface area contributed by atoms with Crippen LogP contribution in [0, 0.1) is 0 Å². The van der Waals surface area contributed by atoms with Crippen molar-refractivity contribution in [1.29, 1.82) is 0 Å². The molecule has 6 heteroatoms. The van der Waals surface area contributed by atoms with E-state index in [9.17, 15) is 14.4 Å². The van der Waals surface area contributed by atoms with E-state index >= 15 is 0 Å². The minimum absolute atomic E-state index is 0.00952. The second-order valence-electron chi connectivity index (χ2n) is 6.95. The van der Waals surface area contributed by atoms with E-state index in [4.69, 9.17) is 17.3 Å². The molecule has 3 aromatic rings. The number of fused-ring (bicyclic) bond motifs is 1. The van der Waals surface area contributed by atoms with Crippen LogP contribution in [0.3, 0.4) is 0 Å². The van der Waals surface area contributed by atoms with Gasteiger partial charge in [-0.3, -0.25) is 14.4 Å². The minimum Gasteiger partial charge on any atom is -0.368 e. The van der Waals surface area contributed by atoms with Crippen LogP contribution in [0.4, 0.5) is 0 Å². The smallest absolute Gasteiger partial charge is 0.259 e. The first-order valence-corrected chi connectivity index (χ1v) is 9.39. The number of Topliss-reactive ketones (excluding diaryl/α,β-unsaturated/α-hetero) is 1. The molecular weight excluding hydrogens is 376 g/mol. The Bertz CT molecular complexity index is 1100. The summed E-state index contributed by atoms with van der Waals surface area (Å²) in [5.74, 6) is -0.631. The number of ketones is 1. The van der Waals surface area contributed by atoms with Crippen LogP contribution in [0.1, 0.15) is 48.1 Å². The number of benzene rings is 2. The van der Waals surface area contributed by atoms with Crippen molar-refractivity contribution in [2.24, 2.45) is 5.73 Å². The third kappa shape index (κ3) is 3.85. The third-order valence-corrected chi connectivity index (χ3v) is 5.28. The standard InChI is InChI=1S/C22H21ClN2O3/c1-13(15-6-8-16(23)9-7-15)12-20(26)18-4-3-5-19-17(18)10-11-25(22(19)28)14(2)21(24)27/h3-11,13-14H,12H2,1-2H3,(H2,24,27)/t13-,14+/m1/s1. The zero-order valence-corrected chi connectivity index (χ0v) is 16.4. The van der Waals surface area contributed by atoms with Gasteiger partial charge < -0.3 is 10.3 Å². The number of carbonyl (C=O) groups excluding carboxylic acids is 2. The summed E-state index contributed by atoms with van der Waals surface area (Å²) >= 11 is 5.93. The molecule has 3 rings (SSSR count). The lowest BCUT2D eigenvalue weighted by atomic mass is 9.91. The molecule has 0 aliphatic rings. The van der Waals surface area contributed by atoms with Crippen LogP contribution < -0.4 is 11.3 Å². The number of carbonyl (C=O) groups is 2. The lowest BCUT2D eigenvalue weighted by Gasteiger charge is -2.15. The number of aromatic nitrogens is 1. The zero-order chi connectivity index (χ0) is 20.4. The predicted octanol–water partition coefficient (Wildman–Crippen LogP) is 4.08. The quantitative estimate of drug-likeness (QED) is 0.637. The highest BCUT2D eigenvalue weighted by atomic mass is 35.5. The molecule has 2 N–H and O–H groups in total. The molecule has 28 heavy (non-hydrogen) atoms. The van der Waals surface area contributed by atoms with Crippen LogP contribution in [0.5, 0.6) is 0 Å². The van der Waals surface area contributed by atoms with E-state index in [1.54, 1.807) is 43.3 Å². The largest absolute Gasteiger partial charge is 0.368 e. The van der Waals surface area contributed by atoms with Crippen LogP contribution in [0.2, 0.25) is 5.02 Å². The molecule has 0 fully saturated rings. The average Bonchev–Trinajstić information content (AvgIpc) is 2.67. The highest BCUT2D eigenvalue weighted by Crippen LogP contribution is 2.25. The summed E-state index contributed by atoms with van der Waals surface area (Å²) in [6.45, 7) is 3.55. The van der Waals surface area contributed by atoms with Gasteiger partial charge in [0.05, 0.1) is 0 Å². The Morgan fingerprint density at radius 2 is 1.71 bits per heavy atom. The summed E-state index contributed by atoms with van der Waals surface area (Å²) in [6.07, 6.45) is 1.82. The first-order valence-electron chi connectivity index (χ1n) is 9.01. The van der Waals surface area contributed by atoms with Gasteiger partial charge in [-0.25, -0.2) is 0 Å². The lowest BCUT2D eigenvalue weighted by Crippen LogP contribution is -2.31. The average molecular weight is 397 g/mol. The van der Waals surface area contributed by atoms with Crippen molar-refractivity contribution < 1.29 is 9.59 Å². The molecule has 0 bridgehead atoms. The van der Waals surface area contributed by atoms with Gasteiger partial charge in [-0.15, -0.1) is 0 Å². The molecule has 1 aromatic heterocycles. The summed E-state index contributed by atoms with van der Waals surface area (Å²) in [6, 6.07) is 13.4. The van der Waals surface area contributed by atoms with E-state index < -0.39 is 11.9 Å². The molecule has 1 amide bonds. The first kappa shape index (κ1) is 19.8. The van der Waals surface area contributed by atoms with Crippen molar-refractivity contribution in [1.82, 2.24) is 4.57 Å². The second-order valence-corrected chi connectivity index (χ2v) is 7.39. The fourth-order valence-corrected chi connectivity index (χ4v) is 3.40. The van der Waals surface area contributed by atoms with Crippen LogP contribution in [-0.4, -0.2) is 16.3 Å². The molecular formula is C22H21ClN2O3. The van der Waals surface area contributed by atoms with Crippen molar-refractivity contribution in [3.8, 4) is 0 Å². The van der Waals surface area contributed by atoms with E-state index in [0.717, 1.165) is 5.56 Å². The molecule has 0 saturated carbocycles. The Kier molecular flexibility index (Phi) is 5.66. The van der Waals surface area contributed by atoms with E-state index in [-0.39, 0.29) is 17.3 Å². The minimum atomic E-state index is -0.763. The number of hydrogen-bond acceptors (Lipinski definition) is 3. The van der Waals surface area contributed by atoms with Gasteiger partial charge in [0.25, 0.3) is 5.56 Å². The molecule has 1 heterocycles. The summed E-state index contributed by atoms with van der Waals surface area (Å²) in [5.41, 5.74) is 6.49. The number of nitrogens with zero attached hydrogens (tertiary/aromatic N) is 1. The van der Waals surface area contributed by atoms with E-state index in [0.29, 0.717) is 27.8 Å². The molecule has 0 radical (unpaired) electrons. The highest BCUT2D eigenvalue weighted by molar-refractivity contribution is 6.30. The van der Waals surface area contributed by atoms with E-state index in [1.807, 2.05) is 19.1 Å². The van der Waals surface area contributed by atoms with Gasteiger partial charge in [0.15, 0.2) is 5.78 Å². The van der Waals surface area contributed by atoms with Gasteiger partial charge in [-0.05, 0) is 48.1 Å². The number of rotatable bonds is 6. The molecule has 2 aromatic carbocycles. The van der Waals surface area contributed by atoms with Gasteiger partial charge in [-0.1, -0.05) is 42.8 Å². The Labute approximate surface area is 167 Å². The number of nitrogens with two attached hydrogens (primary N) is 1. The van der Waals surface area contributed by atoms with Crippen LogP contribution in [-0.2, 0) is 4.79 Å². The number of hydrogen-bond donors (Lipinski definition) is 1. The van der Waals surface area contributed by atoms with Gasteiger partial charge in [0.1, 0.15) is 6.04 Å². The maximum atomic E-state index is 12.9. The van der Waals surface area contributed by atoms with Crippen molar-refractivity contribution in [2.45, 2.75) is 32.2 Å². The van der Waals surface area contributed by atoms with Crippen molar-refractivity contribution >= 4 is 34.1 Å². The summed E-state index contributed by atoms with van der Waals surface area (Å²) in [5, 5.41) is 1.62. The number of halogens is 1. The lowest BCUT2D eigenvalue weighted by molar-refractivity contribution is -0.120. The Balaban J connectivity index is 1.95. The molecule has 0 saturated heterocycles. The van der Waals surface area contributed by atoms with E-state index in [2.05, 4.69) is 0 Å². The maximum Gasteiger partial charge on any atom is 0.259 e. The topological polar surface area (TPSA) is 82.2 Å². The Morgan fingerprint density at radius 1 is 1.04 bits per heavy atom. The number of pyridine rings is 1. The third-order valence-electron chi connectivity index (χ3n) is 5.03. The van der Waals surface area contributed by atoms with Gasteiger partial charge in [0.2, 0.25) is 5.91 Å². The molecule has 0 unspecified atom stereocenters. The maximum absolute atomic E-state index is 12.9. The summed E-state index contributed by atoms with van der Waals surface area (Å²) in [7, 11) is 0. The SMILES string of the molecule is C[C@H](CC(=O)c1cccc2c(=O)n([C@@H](C)C(N)=O)ccc12)c1ccc(Cl)cc1. The van der Waals surface area contributed by atoms with Crippen molar-refractivity contribution in [2.75, 3.05) is 0 Å². The molecule has 0 aliphatic carbocycles. The monoisotopic (exact) mass is 396 g/mol. The first-order chi connectivity index (χ1) is 13.3. The van der Waals surface area contributed by atoms with Crippen LogP contribution >= 0.6 is 11.6 Å². The summed E-state index contributed by atoms with van der Waals surface area (Å²) in [4.78, 5) is 37.1. The second kappa shape index (κ2) is 7.98. The number of amides is 1. The van der Waals surface area contributed by atoms with Crippen LogP contribution in [0.25, 0.3) is 10.8 Å². The number of primary amides is 1. The summed E-state index contributed by atoms with van der Waals surface area (Å²) < 4.78 is 1.29. The fraction of sp³-hybridized carbons (Fsp3) is 0.227.